The van der Waals surface area contributed by atoms with E-state index in [9.17, 15) is 4.79 Å². The molecule has 66 valence electrons. The number of carbonyl (C=O) groups is 1. The largest absolute Gasteiger partial charge is 0.324 e. The molecule has 0 bridgehead atoms. The smallest absolute Gasteiger partial charge is 0.240 e. The molecule has 1 amide bonds. The average Bonchev–Trinajstić information content (AvgIpc) is 2.37. The summed E-state index contributed by atoms with van der Waals surface area (Å²) in [6.07, 6.45) is 0. The van der Waals surface area contributed by atoms with Crippen molar-refractivity contribution in [2.75, 3.05) is 5.32 Å². The predicted molar refractivity (Wildman–Crippen MR) is 56.0 cm³/mol. The molecule has 1 aromatic rings. The molecule has 0 saturated heterocycles. The highest BCUT2D eigenvalue weighted by molar-refractivity contribution is 9.10. The van der Waals surface area contributed by atoms with Crippen LogP contribution < -0.4 is 5.32 Å². The molecule has 4 heteroatoms. The lowest BCUT2D eigenvalue weighted by atomic mass is 10.2. The second-order valence-electron chi connectivity index (χ2n) is 2.94. The fourth-order valence-corrected chi connectivity index (χ4v) is 1.30. The zero-order valence-electron chi connectivity index (χ0n) is 6.93. The molecular weight excluding hydrogens is 238 g/mol. The zero-order chi connectivity index (χ0) is 9.19. The van der Waals surface area contributed by atoms with E-state index in [1.54, 1.807) is 11.3 Å². The van der Waals surface area contributed by atoms with E-state index in [0.29, 0.717) is 0 Å². The van der Waals surface area contributed by atoms with Gasteiger partial charge in [-0.1, -0.05) is 15.9 Å². The van der Waals surface area contributed by atoms with E-state index in [2.05, 4.69) is 21.2 Å². The lowest BCUT2D eigenvalue weighted by Gasteiger charge is -2.14. The summed E-state index contributed by atoms with van der Waals surface area (Å²) in [6, 6.07) is 1.88. The molecule has 0 radical (unpaired) electrons. The van der Waals surface area contributed by atoms with Gasteiger partial charge >= 0.3 is 0 Å². The highest BCUT2D eigenvalue weighted by atomic mass is 79.9. The number of carbonyl (C=O) groups excluding carboxylic acids is 1. The molecule has 1 aromatic heterocycles. The van der Waals surface area contributed by atoms with Gasteiger partial charge in [-0.25, -0.2) is 0 Å². The van der Waals surface area contributed by atoms with Crippen molar-refractivity contribution in [1.29, 1.82) is 0 Å². The number of thiophene rings is 1. The number of halogens is 1. The molecule has 0 aromatic carbocycles. The molecule has 0 aliphatic heterocycles. The Balaban J connectivity index is 2.60. The van der Waals surface area contributed by atoms with Crippen LogP contribution in [0.1, 0.15) is 13.8 Å². The number of hydrogen-bond acceptors (Lipinski definition) is 2. The van der Waals surface area contributed by atoms with Gasteiger partial charge in [0, 0.05) is 5.38 Å². The maximum absolute atomic E-state index is 11.4. The summed E-state index contributed by atoms with van der Waals surface area (Å²) < 4.78 is -0.505. The Kier molecular flexibility index (Phi) is 2.90. The van der Waals surface area contributed by atoms with Crippen molar-refractivity contribution in [1.82, 2.24) is 0 Å². The first kappa shape index (κ1) is 9.74. The third-order valence-electron chi connectivity index (χ3n) is 1.32. The van der Waals surface area contributed by atoms with Crippen LogP contribution in [0.4, 0.5) is 5.69 Å². The number of hydrogen-bond donors (Lipinski definition) is 1. The summed E-state index contributed by atoms with van der Waals surface area (Å²) in [5, 5.41) is 6.61. The van der Waals surface area contributed by atoms with Crippen molar-refractivity contribution in [2.24, 2.45) is 0 Å². The van der Waals surface area contributed by atoms with Crippen LogP contribution in [-0.2, 0) is 4.79 Å². The third kappa shape index (κ3) is 2.60. The fraction of sp³-hybridized carbons (Fsp3) is 0.375. The van der Waals surface area contributed by atoms with E-state index >= 15 is 0 Å². The number of rotatable bonds is 2. The van der Waals surface area contributed by atoms with Gasteiger partial charge in [-0.05, 0) is 25.3 Å². The lowest BCUT2D eigenvalue weighted by molar-refractivity contribution is -0.117. The van der Waals surface area contributed by atoms with Crippen LogP contribution in [0.3, 0.4) is 0 Å². The normalized spacial score (nSPS) is 11.2. The van der Waals surface area contributed by atoms with Gasteiger partial charge in [-0.2, -0.15) is 11.3 Å². The van der Waals surface area contributed by atoms with Gasteiger partial charge < -0.3 is 5.32 Å². The van der Waals surface area contributed by atoms with Gasteiger partial charge in [0.15, 0.2) is 0 Å². The maximum Gasteiger partial charge on any atom is 0.240 e. The van der Waals surface area contributed by atoms with E-state index < -0.39 is 4.32 Å². The molecule has 1 rings (SSSR count). The van der Waals surface area contributed by atoms with Gasteiger partial charge in [0.2, 0.25) is 5.91 Å². The van der Waals surface area contributed by atoms with Crippen LogP contribution in [0.15, 0.2) is 16.8 Å². The molecule has 0 unspecified atom stereocenters. The first-order chi connectivity index (χ1) is 5.50. The van der Waals surface area contributed by atoms with E-state index in [4.69, 9.17) is 0 Å². The molecule has 0 fully saturated rings. The average molecular weight is 248 g/mol. The molecule has 2 nitrogen and oxygen atoms in total. The Hall–Kier alpha value is -0.350. The highest BCUT2D eigenvalue weighted by Gasteiger charge is 2.23. The fourth-order valence-electron chi connectivity index (χ4n) is 0.615. The number of amides is 1. The van der Waals surface area contributed by atoms with Crippen molar-refractivity contribution < 1.29 is 4.79 Å². The van der Waals surface area contributed by atoms with Crippen LogP contribution in [0.2, 0.25) is 0 Å². The van der Waals surface area contributed by atoms with Crippen molar-refractivity contribution >= 4 is 38.9 Å². The maximum atomic E-state index is 11.4. The number of anilines is 1. The Labute approximate surface area is 84.1 Å². The molecule has 12 heavy (non-hydrogen) atoms. The Bertz CT molecular complexity index is 263. The Morgan fingerprint density at radius 1 is 1.67 bits per heavy atom. The van der Waals surface area contributed by atoms with E-state index in [-0.39, 0.29) is 5.91 Å². The number of nitrogens with one attached hydrogen (secondary N) is 1. The minimum absolute atomic E-state index is 0.0269. The molecule has 1 N–H and O–H groups in total. The van der Waals surface area contributed by atoms with Gasteiger partial charge in [0.05, 0.1) is 10.0 Å². The van der Waals surface area contributed by atoms with Crippen LogP contribution >= 0.6 is 27.3 Å². The molecular formula is C8H10BrNOS. The third-order valence-corrected chi connectivity index (χ3v) is 2.36. The standard InChI is InChI=1S/C8H10BrNOS/c1-8(2,9)7(11)10-6-3-4-12-5-6/h3-5H,1-2H3,(H,10,11). The van der Waals surface area contributed by atoms with Gasteiger partial charge in [0.25, 0.3) is 0 Å². The van der Waals surface area contributed by atoms with Gasteiger partial charge in [-0.3, -0.25) is 4.79 Å². The van der Waals surface area contributed by atoms with E-state index in [1.165, 1.54) is 0 Å². The zero-order valence-corrected chi connectivity index (χ0v) is 9.33. The van der Waals surface area contributed by atoms with Crippen LogP contribution in [0.25, 0.3) is 0 Å². The van der Waals surface area contributed by atoms with Crippen molar-refractivity contribution in [3.05, 3.63) is 16.8 Å². The van der Waals surface area contributed by atoms with Crippen molar-refractivity contribution in [2.45, 2.75) is 18.2 Å². The van der Waals surface area contributed by atoms with Crippen LogP contribution in [0, 0.1) is 0 Å². The minimum atomic E-state index is -0.505. The van der Waals surface area contributed by atoms with Crippen LogP contribution in [0.5, 0.6) is 0 Å². The second kappa shape index (κ2) is 3.58. The summed E-state index contributed by atoms with van der Waals surface area (Å²) in [6.45, 7) is 3.63. The number of alkyl halides is 1. The van der Waals surface area contributed by atoms with E-state index in [0.717, 1.165) is 5.69 Å². The summed E-state index contributed by atoms with van der Waals surface area (Å²) in [5.74, 6) is -0.0269. The predicted octanol–water partition coefficient (Wildman–Crippen LogP) is 2.86. The highest BCUT2D eigenvalue weighted by Crippen LogP contribution is 2.19. The molecule has 0 aliphatic rings. The minimum Gasteiger partial charge on any atom is -0.324 e. The molecule has 0 spiro atoms. The second-order valence-corrected chi connectivity index (χ2v) is 5.70. The van der Waals surface area contributed by atoms with Gasteiger partial charge in [0.1, 0.15) is 0 Å². The first-order valence-corrected chi connectivity index (χ1v) is 5.26. The summed E-state index contributed by atoms with van der Waals surface area (Å²) in [4.78, 5) is 11.4. The van der Waals surface area contributed by atoms with Crippen molar-refractivity contribution in [3.63, 3.8) is 0 Å². The molecule has 0 aliphatic carbocycles. The first-order valence-electron chi connectivity index (χ1n) is 3.53. The Morgan fingerprint density at radius 2 is 2.33 bits per heavy atom. The summed E-state index contributed by atoms with van der Waals surface area (Å²) in [5.41, 5.74) is 0.859. The SMILES string of the molecule is CC(C)(Br)C(=O)Nc1ccsc1. The quantitative estimate of drug-likeness (QED) is 0.801. The summed E-state index contributed by atoms with van der Waals surface area (Å²) in [7, 11) is 0. The lowest BCUT2D eigenvalue weighted by Crippen LogP contribution is -2.30. The molecule has 0 saturated carbocycles. The molecule has 1 heterocycles. The van der Waals surface area contributed by atoms with Crippen molar-refractivity contribution in [3.8, 4) is 0 Å². The van der Waals surface area contributed by atoms with E-state index in [1.807, 2.05) is 30.7 Å². The summed E-state index contributed by atoms with van der Waals surface area (Å²) >= 11 is 4.84. The van der Waals surface area contributed by atoms with Gasteiger partial charge in [-0.15, -0.1) is 0 Å². The molecule has 0 atom stereocenters. The monoisotopic (exact) mass is 247 g/mol. The Morgan fingerprint density at radius 3 is 2.75 bits per heavy atom. The topological polar surface area (TPSA) is 29.1 Å². The van der Waals surface area contributed by atoms with Crippen LogP contribution in [-0.4, -0.2) is 10.2 Å².